The van der Waals surface area contributed by atoms with Crippen molar-refractivity contribution in [3.05, 3.63) is 63.9 Å². The zero-order valence-corrected chi connectivity index (χ0v) is 18.5. The lowest BCUT2D eigenvalue weighted by Crippen LogP contribution is -2.20. The number of halogens is 1. The molecule has 0 saturated heterocycles. The van der Waals surface area contributed by atoms with E-state index in [1.54, 1.807) is 19.2 Å². The number of carbonyl (C=O) groups excluding carboxylic acids is 2. The monoisotopic (exact) mass is 459 g/mol. The summed E-state index contributed by atoms with van der Waals surface area (Å²) in [6, 6.07) is 7.99. The average molecular weight is 459 g/mol. The molecule has 3 N–H and O–H groups in total. The van der Waals surface area contributed by atoms with E-state index in [1.807, 2.05) is 6.07 Å². The number of primary amides is 1. The predicted molar refractivity (Wildman–Crippen MR) is 118 cm³/mol. The fourth-order valence-corrected chi connectivity index (χ4v) is 3.70. The molecule has 1 heterocycles. The molecule has 1 aromatic heterocycles. The van der Waals surface area contributed by atoms with Crippen LogP contribution in [-0.4, -0.2) is 37.6 Å². The van der Waals surface area contributed by atoms with Gasteiger partial charge in [-0.3, -0.25) is 14.9 Å². The van der Waals surface area contributed by atoms with Crippen molar-refractivity contribution in [2.45, 2.75) is 13.3 Å². The van der Waals surface area contributed by atoms with E-state index >= 15 is 0 Å². The average Bonchev–Trinajstić information content (AvgIpc) is 3.20. The van der Waals surface area contributed by atoms with Gasteiger partial charge in [0.2, 0.25) is 5.75 Å². The number of anilines is 1. The van der Waals surface area contributed by atoms with E-state index in [1.165, 1.54) is 43.8 Å². The first-order chi connectivity index (χ1) is 15.3. The molecule has 0 spiro atoms. The van der Waals surface area contributed by atoms with Gasteiger partial charge >= 0.3 is 0 Å². The van der Waals surface area contributed by atoms with E-state index in [-0.39, 0.29) is 35.2 Å². The quantitative estimate of drug-likeness (QED) is 0.508. The second kappa shape index (κ2) is 10.1. The predicted octanol–water partition coefficient (Wildman–Crippen LogP) is 3.32. The number of ether oxygens (including phenoxy) is 3. The molecule has 0 aliphatic rings. The summed E-state index contributed by atoms with van der Waals surface area (Å²) in [5.41, 5.74) is 6.76. The van der Waals surface area contributed by atoms with E-state index < -0.39 is 11.8 Å². The second-order valence-corrected chi connectivity index (χ2v) is 7.93. The Bertz CT molecular complexity index is 1120. The molecular weight excluding hydrogens is 437 g/mol. The Labute approximate surface area is 188 Å². The molecule has 0 radical (unpaired) electrons. The van der Waals surface area contributed by atoms with Gasteiger partial charge in [0, 0.05) is 23.1 Å². The Morgan fingerprint density at radius 3 is 2.44 bits per heavy atom. The van der Waals surface area contributed by atoms with E-state index in [4.69, 9.17) is 19.9 Å². The molecule has 0 aliphatic carbocycles. The molecular formula is C22H22FN3O5S. The van der Waals surface area contributed by atoms with E-state index in [0.29, 0.717) is 17.1 Å². The van der Waals surface area contributed by atoms with Gasteiger partial charge in [-0.1, -0.05) is 12.1 Å². The van der Waals surface area contributed by atoms with Crippen LogP contribution in [0.1, 0.15) is 26.4 Å². The van der Waals surface area contributed by atoms with Crippen LogP contribution in [0.2, 0.25) is 0 Å². The van der Waals surface area contributed by atoms with Crippen LogP contribution in [0, 0.1) is 12.7 Å². The fraction of sp³-hybridized carbons (Fsp3) is 0.227. The van der Waals surface area contributed by atoms with Crippen LogP contribution < -0.4 is 25.3 Å². The largest absolute Gasteiger partial charge is 0.493 e. The maximum Gasteiger partial charge on any atom is 0.257 e. The van der Waals surface area contributed by atoms with E-state index in [2.05, 4.69) is 10.3 Å². The molecule has 3 rings (SSSR count). The number of hydrogen-bond acceptors (Lipinski definition) is 7. The molecule has 0 saturated carbocycles. The van der Waals surface area contributed by atoms with Gasteiger partial charge in [0.05, 0.1) is 14.2 Å². The SMILES string of the molecule is COc1cc(C(=O)Nc2ncc(Cc3ccc(C)c(F)c3)s2)cc(OC)c1OCC(N)=O. The third kappa shape index (κ3) is 5.52. The lowest BCUT2D eigenvalue weighted by Gasteiger charge is -2.15. The number of aromatic nitrogens is 1. The number of carbonyl (C=O) groups is 2. The lowest BCUT2D eigenvalue weighted by atomic mass is 10.1. The zero-order valence-electron chi connectivity index (χ0n) is 17.7. The number of benzene rings is 2. The highest BCUT2D eigenvalue weighted by Gasteiger charge is 2.19. The van der Waals surface area contributed by atoms with Crippen LogP contribution in [0.3, 0.4) is 0 Å². The summed E-state index contributed by atoms with van der Waals surface area (Å²) in [6.07, 6.45) is 2.14. The number of rotatable bonds is 9. The van der Waals surface area contributed by atoms with Gasteiger partial charge < -0.3 is 19.9 Å². The number of aryl methyl sites for hydroxylation is 1. The van der Waals surface area contributed by atoms with Crippen LogP contribution in [0.5, 0.6) is 17.2 Å². The summed E-state index contributed by atoms with van der Waals surface area (Å²) in [5, 5.41) is 3.12. The lowest BCUT2D eigenvalue weighted by molar-refractivity contribution is -0.120. The smallest absolute Gasteiger partial charge is 0.257 e. The summed E-state index contributed by atoms with van der Waals surface area (Å²) in [7, 11) is 2.79. The van der Waals surface area contributed by atoms with Crippen molar-refractivity contribution in [3.63, 3.8) is 0 Å². The number of nitrogens with one attached hydrogen (secondary N) is 1. The first-order valence-electron chi connectivity index (χ1n) is 9.49. The van der Waals surface area contributed by atoms with Crippen molar-refractivity contribution in [1.29, 1.82) is 0 Å². The highest BCUT2D eigenvalue weighted by atomic mass is 32.1. The Hall–Kier alpha value is -3.66. The van der Waals surface area contributed by atoms with Crippen molar-refractivity contribution < 1.29 is 28.2 Å². The Balaban J connectivity index is 1.75. The Morgan fingerprint density at radius 2 is 1.84 bits per heavy atom. The maximum absolute atomic E-state index is 13.8. The zero-order chi connectivity index (χ0) is 23.3. The van der Waals surface area contributed by atoms with E-state index in [9.17, 15) is 14.0 Å². The fourth-order valence-electron chi connectivity index (χ4n) is 2.86. The van der Waals surface area contributed by atoms with Gasteiger partial charge in [0.15, 0.2) is 23.2 Å². The van der Waals surface area contributed by atoms with Crippen LogP contribution >= 0.6 is 11.3 Å². The standard InChI is InChI=1S/C22H22FN3O5S/c1-12-4-5-13(7-16(12)23)6-15-10-25-22(32-15)26-21(28)14-8-17(29-2)20(18(9-14)30-3)31-11-19(24)27/h4-5,7-10H,6,11H2,1-3H3,(H2,24,27)(H,25,26,28). The number of nitrogens with zero attached hydrogens (tertiary/aromatic N) is 1. The highest BCUT2D eigenvalue weighted by molar-refractivity contribution is 7.15. The third-order valence-corrected chi connectivity index (χ3v) is 5.38. The number of amides is 2. The molecule has 168 valence electrons. The summed E-state index contributed by atoms with van der Waals surface area (Å²) in [5.74, 6) is -0.790. The molecule has 2 aromatic carbocycles. The third-order valence-electron chi connectivity index (χ3n) is 4.47. The molecule has 0 aliphatic heterocycles. The first kappa shape index (κ1) is 23.0. The first-order valence-corrected chi connectivity index (χ1v) is 10.3. The topological polar surface area (TPSA) is 113 Å². The summed E-state index contributed by atoms with van der Waals surface area (Å²) in [6.45, 7) is 1.34. The molecule has 0 atom stereocenters. The molecule has 3 aromatic rings. The second-order valence-electron chi connectivity index (χ2n) is 6.81. The van der Waals surface area contributed by atoms with Gasteiger partial charge in [-0.25, -0.2) is 9.37 Å². The van der Waals surface area contributed by atoms with Gasteiger partial charge in [-0.2, -0.15) is 0 Å². The van der Waals surface area contributed by atoms with Crippen molar-refractivity contribution in [3.8, 4) is 17.2 Å². The van der Waals surface area contributed by atoms with Gasteiger partial charge in [-0.05, 0) is 36.2 Å². The minimum Gasteiger partial charge on any atom is -0.493 e. The molecule has 0 fully saturated rings. The minimum absolute atomic E-state index is 0.159. The normalized spacial score (nSPS) is 10.5. The number of thiazole rings is 1. The highest BCUT2D eigenvalue weighted by Crippen LogP contribution is 2.38. The number of nitrogens with two attached hydrogens (primary N) is 1. The van der Waals surface area contributed by atoms with Crippen LogP contribution in [0.15, 0.2) is 36.5 Å². The van der Waals surface area contributed by atoms with Crippen LogP contribution in [0.4, 0.5) is 9.52 Å². The maximum atomic E-state index is 13.8. The summed E-state index contributed by atoms with van der Waals surface area (Å²) in [4.78, 5) is 28.9. The molecule has 0 unspecified atom stereocenters. The Morgan fingerprint density at radius 1 is 1.16 bits per heavy atom. The van der Waals surface area contributed by atoms with Gasteiger partial charge in [0.1, 0.15) is 5.82 Å². The summed E-state index contributed by atoms with van der Waals surface area (Å²) >= 11 is 1.29. The van der Waals surface area contributed by atoms with Crippen molar-refractivity contribution in [2.75, 3.05) is 26.1 Å². The number of methoxy groups -OCH3 is 2. The van der Waals surface area contributed by atoms with Crippen molar-refractivity contribution in [2.24, 2.45) is 5.73 Å². The van der Waals surface area contributed by atoms with E-state index in [0.717, 1.165) is 10.4 Å². The molecule has 0 bridgehead atoms. The summed E-state index contributed by atoms with van der Waals surface area (Å²) < 4.78 is 29.7. The minimum atomic E-state index is -0.663. The van der Waals surface area contributed by atoms with Gasteiger partial charge in [0.25, 0.3) is 11.8 Å². The molecule has 32 heavy (non-hydrogen) atoms. The molecule has 2 amide bonds. The molecule has 8 nitrogen and oxygen atoms in total. The Kier molecular flexibility index (Phi) is 7.26. The number of hydrogen-bond donors (Lipinski definition) is 2. The van der Waals surface area contributed by atoms with Crippen LogP contribution in [0.25, 0.3) is 0 Å². The van der Waals surface area contributed by atoms with Gasteiger partial charge in [-0.15, -0.1) is 11.3 Å². The van der Waals surface area contributed by atoms with Crippen LogP contribution in [-0.2, 0) is 11.2 Å². The van der Waals surface area contributed by atoms with Crippen molar-refractivity contribution in [1.82, 2.24) is 4.98 Å². The van der Waals surface area contributed by atoms with Crippen molar-refractivity contribution >= 4 is 28.3 Å². The molecule has 10 heteroatoms.